The van der Waals surface area contributed by atoms with Gasteiger partial charge in [0.25, 0.3) is 5.78 Å². The molecule has 0 N–H and O–H groups in total. The lowest BCUT2D eigenvalue weighted by Gasteiger charge is -2.08. The first-order valence-electron chi connectivity index (χ1n) is 7.85. The van der Waals surface area contributed by atoms with Gasteiger partial charge >= 0.3 is 0 Å². The Balaban J connectivity index is 1.54. The molecule has 0 saturated carbocycles. The van der Waals surface area contributed by atoms with Crippen LogP contribution in [0, 0.1) is 6.92 Å². The summed E-state index contributed by atoms with van der Waals surface area (Å²) in [7, 11) is 0. The lowest BCUT2D eigenvalue weighted by atomic mass is 10.1. The summed E-state index contributed by atoms with van der Waals surface area (Å²) in [6.45, 7) is 2.35. The number of benzene rings is 2. The Bertz CT molecular complexity index is 1010. The van der Waals surface area contributed by atoms with Gasteiger partial charge in [0.15, 0.2) is 0 Å². The average Bonchev–Trinajstić information content (AvgIpc) is 3.02. The quantitative estimate of drug-likeness (QED) is 0.549. The van der Waals surface area contributed by atoms with Crippen LogP contribution in [0.3, 0.4) is 0 Å². The van der Waals surface area contributed by atoms with E-state index in [0.29, 0.717) is 18.2 Å². The molecule has 5 nitrogen and oxygen atoms in total. The fraction of sp³-hybridized carbons (Fsp3) is 0.105. The molecule has 25 heavy (non-hydrogen) atoms. The predicted octanol–water partition coefficient (Wildman–Crippen LogP) is 4.33. The Morgan fingerprint density at radius 2 is 1.76 bits per heavy atom. The minimum absolute atomic E-state index is 0.498. The van der Waals surface area contributed by atoms with Gasteiger partial charge in [0.2, 0.25) is 0 Å². The summed E-state index contributed by atoms with van der Waals surface area (Å²) < 4.78 is 7.57. The van der Waals surface area contributed by atoms with Gasteiger partial charge in [0, 0.05) is 16.8 Å². The van der Waals surface area contributed by atoms with Gasteiger partial charge in [-0.1, -0.05) is 23.7 Å². The molecule has 0 radical (unpaired) electrons. The first-order chi connectivity index (χ1) is 12.2. The van der Waals surface area contributed by atoms with Crippen molar-refractivity contribution in [3.05, 3.63) is 77.2 Å². The standard InChI is InChI=1S/C19H15ClN4O/c1-13-22-19-21-11-10-18(24(19)23-13)15-4-8-17(9-5-15)25-12-14-2-6-16(20)7-3-14/h2-11H,12H2,1H3. The molecular formula is C19H15ClN4O. The molecule has 124 valence electrons. The number of rotatable bonds is 4. The van der Waals surface area contributed by atoms with Crippen molar-refractivity contribution in [1.82, 2.24) is 19.6 Å². The van der Waals surface area contributed by atoms with Crippen LogP contribution >= 0.6 is 11.6 Å². The zero-order valence-corrected chi connectivity index (χ0v) is 14.3. The zero-order chi connectivity index (χ0) is 17.2. The molecule has 0 unspecified atom stereocenters. The Morgan fingerprint density at radius 1 is 1.00 bits per heavy atom. The van der Waals surface area contributed by atoms with Gasteiger partial charge in [-0.3, -0.25) is 0 Å². The van der Waals surface area contributed by atoms with E-state index < -0.39 is 0 Å². The van der Waals surface area contributed by atoms with E-state index >= 15 is 0 Å². The summed E-state index contributed by atoms with van der Waals surface area (Å²) in [6.07, 6.45) is 1.74. The van der Waals surface area contributed by atoms with Gasteiger partial charge in [-0.2, -0.15) is 9.50 Å². The number of hydrogen-bond acceptors (Lipinski definition) is 4. The van der Waals surface area contributed by atoms with E-state index in [2.05, 4.69) is 15.1 Å². The summed E-state index contributed by atoms with van der Waals surface area (Å²) in [4.78, 5) is 8.52. The summed E-state index contributed by atoms with van der Waals surface area (Å²) in [6, 6.07) is 17.4. The van der Waals surface area contributed by atoms with Gasteiger partial charge in [0.05, 0.1) is 5.69 Å². The molecule has 0 atom stereocenters. The average molecular weight is 351 g/mol. The van der Waals surface area contributed by atoms with E-state index in [1.807, 2.05) is 61.5 Å². The van der Waals surface area contributed by atoms with E-state index in [1.165, 1.54) is 0 Å². The number of hydrogen-bond donors (Lipinski definition) is 0. The van der Waals surface area contributed by atoms with Gasteiger partial charge in [-0.05, 0) is 55.0 Å². The van der Waals surface area contributed by atoms with Crippen molar-refractivity contribution in [2.75, 3.05) is 0 Å². The molecule has 0 aliphatic rings. The lowest BCUT2D eigenvalue weighted by molar-refractivity contribution is 0.306. The second kappa shape index (κ2) is 6.53. The van der Waals surface area contributed by atoms with Crippen LogP contribution in [0.4, 0.5) is 0 Å². The van der Waals surface area contributed by atoms with Crippen LogP contribution in [-0.2, 0) is 6.61 Å². The number of aromatic nitrogens is 4. The molecule has 2 heterocycles. The zero-order valence-electron chi connectivity index (χ0n) is 13.6. The van der Waals surface area contributed by atoms with Gasteiger partial charge in [-0.25, -0.2) is 4.98 Å². The Morgan fingerprint density at radius 3 is 2.52 bits per heavy atom. The van der Waals surface area contributed by atoms with Gasteiger partial charge in [0.1, 0.15) is 18.2 Å². The van der Waals surface area contributed by atoms with Crippen LogP contribution in [-0.4, -0.2) is 19.6 Å². The molecule has 4 aromatic rings. The minimum Gasteiger partial charge on any atom is -0.489 e. The van der Waals surface area contributed by atoms with E-state index in [-0.39, 0.29) is 0 Å². The minimum atomic E-state index is 0.498. The van der Waals surface area contributed by atoms with Crippen LogP contribution in [0.5, 0.6) is 5.75 Å². The second-order valence-corrected chi connectivity index (χ2v) is 6.08. The predicted molar refractivity (Wildman–Crippen MR) is 96.7 cm³/mol. The normalized spacial score (nSPS) is 11.0. The maximum Gasteiger partial charge on any atom is 0.252 e. The molecular weight excluding hydrogens is 336 g/mol. The van der Waals surface area contributed by atoms with Crippen molar-refractivity contribution in [3.63, 3.8) is 0 Å². The molecule has 0 fully saturated rings. The molecule has 0 bridgehead atoms. The van der Waals surface area contributed by atoms with Crippen LogP contribution < -0.4 is 4.74 Å². The van der Waals surface area contributed by atoms with Crippen LogP contribution in [0.1, 0.15) is 11.4 Å². The molecule has 0 amide bonds. The third-order valence-electron chi connectivity index (χ3n) is 3.82. The number of ether oxygens (including phenoxy) is 1. The van der Waals surface area contributed by atoms with Crippen molar-refractivity contribution >= 4 is 17.4 Å². The topological polar surface area (TPSA) is 52.3 Å². The Kier molecular flexibility index (Phi) is 4.07. The lowest BCUT2D eigenvalue weighted by Crippen LogP contribution is -1.97. The maximum absolute atomic E-state index is 5.89. The molecule has 6 heteroatoms. The molecule has 0 spiro atoms. The summed E-state index contributed by atoms with van der Waals surface area (Å²) in [5, 5.41) is 5.12. The maximum atomic E-state index is 5.89. The van der Waals surface area contributed by atoms with Crippen LogP contribution in [0.15, 0.2) is 60.8 Å². The summed E-state index contributed by atoms with van der Waals surface area (Å²) in [5.41, 5.74) is 3.04. The molecule has 2 aromatic carbocycles. The highest BCUT2D eigenvalue weighted by Crippen LogP contribution is 2.23. The number of aryl methyl sites for hydroxylation is 1. The van der Waals surface area contributed by atoms with Gasteiger partial charge in [-0.15, -0.1) is 5.10 Å². The van der Waals surface area contributed by atoms with Crippen LogP contribution in [0.25, 0.3) is 17.0 Å². The third kappa shape index (κ3) is 3.32. The largest absolute Gasteiger partial charge is 0.489 e. The summed E-state index contributed by atoms with van der Waals surface area (Å²) >= 11 is 5.89. The highest BCUT2D eigenvalue weighted by Gasteiger charge is 2.08. The van der Waals surface area contributed by atoms with E-state index in [4.69, 9.17) is 16.3 Å². The van der Waals surface area contributed by atoms with Crippen molar-refractivity contribution in [2.24, 2.45) is 0 Å². The Labute approximate surface area is 149 Å². The Hall–Kier alpha value is -2.92. The molecule has 0 saturated heterocycles. The van der Waals surface area contributed by atoms with Crippen molar-refractivity contribution in [3.8, 4) is 17.0 Å². The van der Waals surface area contributed by atoms with Crippen molar-refractivity contribution < 1.29 is 4.74 Å². The van der Waals surface area contributed by atoms with Crippen molar-refractivity contribution in [1.29, 1.82) is 0 Å². The smallest absolute Gasteiger partial charge is 0.252 e. The fourth-order valence-corrected chi connectivity index (χ4v) is 2.71. The SMILES string of the molecule is Cc1nc2nccc(-c3ccc(OCc4ccc(Cl)cc4)cc3)n2n1. The summed E-state index contributed by atoms with van der Waals surface area (Å²) in [5.74, 6) is 2.10. The molecule has 2 aromatic heterocycles. The highest BCUT2D eigenvalue weighted by molar-refractivity contribution is 6.30. The highest BCUT2D eigenvalue weighted by atomic mass is 35.5. The number of fused-ring (bicyclic) bond motifs is 1. The number of nitrogens with zero attached hydrogens (tertiary/aromatic N) is 4. The van der Waals surface area contributed by atoms with Crippen LogP contribution in [0.2, 0.25) is 5.02 Å². The van der Waals surface area contributed by atoms with E-state index in [0.717, 1.165) is 27.6 Å². The van der Waals surface area contributed by atoms with E-state index in [9.17, 15) is 0 Å². The molecule has 0 aliphatic heterocycles. The van der Waals surface area contributed by atoms with Gasteiger partial charge < -0.3 is 4.74 Å². The second-order valence-electron chi connectivity index (χ2n) is 5.64. The first kappa shape index (κ1) is 15.6. The first-order valence-corrected chi connectivity index (χ1v) is 8.23. The van der Waals surface area contributed by atoms with Crippen molar-refractivity contribution in [2.45, 2.75) is 13.5 Å². The third-order valence-corrected chi connectivity index (χ3v) is 4.07. The fourth-order valence-electron chi connectivity index (χ4n) is 2.58. The molecule has 0 aliphatic carbocycles. The van der Waals surface area contributed by atoms with E-state index in [1.54, 1.807) is 10.7 Å². The monoisotopic (exact) mass is 350 g/mol. The number of halogens is 1. The molecule has 4 rings (SSSR count).